The van der Waals surface area contributed by atoms with Gasteiger partial charge in [-0.2, -0.15) is 0 Å². The van der Waals surface area contributed by atoms with Gasteiger partial charge in [0.1, 0.15) is 0 Å². The molecule has 0 aromatic rings. The number of carbonyl (C=O) groups excluding carboxylic acids is 1. The molecule has 0 bridgehead atoms. The normalized spacial score (nSPS) is 14.3. The van der Waals surface area contributed by atoms with E-state index < -0.39 is 0 Å². The molecule has 0 saturated carbocycles. The van der Waals surface area contributed by atoms with E-state index in [0.29, 0.717) is 24.3 Å². The van der Waals surface area contributed by atoms with Crippen molar-refractivity contribution >= 4 is 5.91 Å². The Morgan fingerprint density at radius 3 is 2.39 bits per heavy atom. The topological polar surface area (TPSA) is 46.3 Å². The highest BCUT2D eigenvalue weighted by Crippen LogP contribution is 2.14. The van der Waals surface area contributed by atoms with Gasteiger partial charge in [-0.3, -0.25) is 4.79 Å². The lowest BCUT2D eigenvalue weighted by Gasteiger charge is -2.29. The van der Waals surface area contributed by atoms with Crippen LogP contribution in [0.2, 0.25) is 0 Å². The van der Waals surface area contributed by atoms with Crippen LogP contribution in [0.4, 0.5) is 0 Å². The van der Waals surface area contributed by atoms with Gasteiger partial charge >= 0.3 is 0 Å². The fourth-order valence-corrected chi connectivity index (χ4v) is 2.08. The molecular formula is C15H32N2O. The van der Waals surface area contributed by atoms with Crippen LogP contribution in [0.5, 0.6) is 0 Å². The molecule has 0 saturated heterocycles. The highest BCUT2D eigenvalue weighted by molar-refractivity contribution is 5.76. The minimum absolute atomic E-state index is 0.321. The maximum atomic E-state index is 12.3. The number of nitrogens with two attached hydrogens (primary N) is 1. The second-order valence-corrected chi connectivity index (χ2v) is 5.42. The fraction of sp³-hybridized carbons (Fsp3) is 0.933. The Balaban J connectivity index is 4.19. The Bertz CT molecular complexity index is 219. The van der Waals surface area contributed by atoms with Crippen LogP contribution in [0.25, 0.3) is 0 Å². The average molecular weight is 256 g/mol. The van der Waals surface area contributed by atoms with E-state index in [4.69, 9.17) is 5.73 Å². The minimum atomic E-state index is 0.321. The van der Waals surface area contributed by atoms with Gasteiger partial charge in [-0.05, 0) is 45.1 Å². The van der Waals surface area contributed by atoms with Crippen LogP contribution in [0.15, 0.2) is 0 Å². The van der Waals surface area contributed by atoms with Crippen molar-refractivity contribution in [2.75, 3.05) is 13.1 Å². The smallest absolute Gasteiger partial charge is 0.222 e. The number of hydrogen-bond donors (Lipinski definition) is 1. The molecule has 3 heteroatoms. The maximum absolute atomic E-state index is 12.3. The molecule has 0 aliphatic rings. The lowest BCUT2D eigenvalue weighted by molar-refractivity contribution is -0.133. The maximum Gasteiger partial charge on any atom is 0.222 e. The van der Waals surface area contributed by atoms with Crippen LogP contribution in [-0.4, -0.2) is 29.9 Å². The summed E-state index contributed by atoms with van der Waals surface area (Å²) in [6.45, 7) is 10.3. The molecule has 0 aliphatic heterocycles. The largest absolute Gasteiger partial charge is 0.340 e. The Morgan fingerprint density at radius 1 is 1.22 bits per heavy atom. The predicted molar refractivity (Wildman–Crippen MR) is 78.4 cm³/mol. The van der Waals surface area contributed by atoms with E-state index in [2.05, 4.69) is 32.6 Å². The molecule has 18 heavy (non-hydrogen) atoms. The van der Waals surface area contributed by atoms with E-state index in [-0.39, 0.29) is 0 Å². The molecule has 2 N–H and O–H groups in total. The molecule has 1 amide bonds. The second kappa shape index (κ2) is 10.4. The van der Waals surface area contributed by atoms with Gasteiger partial charge in [0.2, 0.25) is 5.91 Å². The highest BCUT2D eigenvalue weighted by atomic mass is 16.2. The summed E-state index contributed by atoms with van der Waals surface area (Å²) in [7, 11) is 0. The molecule has 0 aromatic carbocycles. The van der Waals surface area contributed by atoms with Crippen molar-refractivity contribution in [2.24, 2.45) is 11.7 Å². The van der Waals surface area contributed by atoms with Crippen molar-refractivity contribution in [2.45, 2.75) is 72.3 Å². The first kappa shape index (κ1) is 17.4. The van der Waals surface area contributed by atoms with Crippen molar-refractivity contribution in [3.05, 3.63) is 0 Å². The molecule has 0 radical (unpaired) electrons. The van der Waals surface area contributed by atoms with Gasteiger partial charge in [0.25, 0.3) is 0 Å². The first-order valence-corrected chi connectivity index (χ1v) is 7.56. The van der Waals surface area contributed by atoms with Crippen LogP contribution in [-0.2, 0) is 4.79 Å². The Kier molecular flexibility index (Phi) is 10.0. The molecule has 0 heterocycles. The van der Waals surface area contributed by atoms with Gasteiger partial charge in [0, 0.05) is 19.0 Å². The Morgan fingerprint density at radius 2 is 1.89 bits per heavy atom. The number of nitrogens with zero attached hydrogens (tertiary/aromatic N) is 1. The van der Waals surface area contributed by atoms with E-state index >= 15 is 0 Å². The summed E-state index contributed by atoms with van der Waals surface area (Å²) in [5.74, 6) is 0.880. The number of unbranched alkanes of at least 4 members (excludes halogenated alkanes) is 1. The zero-order valence-corrected chi connectivity index (χ0v) is 12.7. The monoisotopic (exact) mass is 256 g/mol. The summed E-state index contributed by atoms with van der Waals surface area (Å²) in [5, 5.41) is 0. The van der Waals surface area contributed by atoms with Gasteiger partial charge in [-0.15, -0.1) is 0 Å². The third-order valence-electron chi connectivity index (χ3n) is 3.71. The summed E-state index contributed by atoms with van der Waals surface area (Å²) in [6, 6.07) is 0.369. The van der Waals surface area contributed by atoms with Crippen molar-refractivity contribution < 1.29 is 4.79 Å². The standard InChI is InChI=1S/C15H32N2O/c1-5-7-12-17(14(4)6-2)15(18)9-8-13(3)10-11-16/h13-14H,5-12,16H2,1-4H3. The van der Waals surface area contributed by atoms with Gasteiger partial charge < -0.3 is 10.6 Å². The van der Waals surface area contributed by atoms with Crippen molar-refractivity contribution in [3.8, 4) is 0 Å². The SMILES string of the molecule is CCCCN(C(=O)CCC(C)CCN)C(C)CC. The molecule has 2 atom stereocenters. The van der Waals surface area contributed by atoms with E-state index in [9.17, 15) is 4.79 Å². The first-order chi connectivity index (χ1) is 8.56. The van der Waals surface area contributed by atoms with Crippen LogP contribution in [0, 0.1) is 5.92 Å². The third kappa shape index (κ3) is 7.00. The molecule has 0 spiro atoms. The molecule has 108 valence electrons. The first-order valence-electron chi connectivity index (χ1n) is 7.56. The molecule has 3 nitrogen and oxygen atoms in total. The van der Waals surface area contributed by atoms with Crippen LogP contribution >= 0.6 is 0 Å². The minimum Gasteiger partial charge on any atom is -0.340 e. The molecule has 0 aromatic heterocycles. The predicted octanol–water partition coefficient (Wildman–Crippen LogP) is 3.18. The molecule has 2 unspecified atom stereocenters. The number of hydrogen-bond acceptors (Lipinski definition) is 2. The van der Waals surface area contributed by atoms with Crippen LogP contribution in [0.3, 0.4) is 0 Å². The lowest BCUT2D eigenvalue weighted by atomic mass is 10.0. The fourth-order valence-electron chi connectivity index (χ4n) is 2.08. The average Bonchev–Trinajstić information content (AvgIpc) is 2.36. The highest BCUT2D eigenvalue weighted by Gasteiger charge is 2.18. The van der Waals surface area contributed by atoms with Gasteiger partial charge in [0.15, 0.2) is 0 Å². The summed E-state index contributed by atoms with van der Waals surface area (Å²) in [4.78, 5) is 14.3. The molecule has 0 aliphatic carbocycles. The van der Waals surface area contributed by atoms with E-state index in [1.54, 1.807) is 0 Å². The number of amides is 1. The molecule has 0 fully saturated rings. The zero-order valence-electron chi connectivity index (χ0n) is 12.7. The molecular weight excluding hydrogens is 224 g/mol. The molecule has 0 rings (SSSR count). The van der Waals surface area contributed by atoms with Gasteiger partial charge in [-0.25, -0.2) is 0 Å². The lowest BCUT2D eigenvalue weighted by Crippen LogP contribution is -2.39. The summed E-state index contributed by atoms with van der Waals surface area (Å²) >= 11 is 0. The van der Waals surface area contributed by atoms with E-state index in [1.807, 2.05) is 0 Å². The second-order valence-electron chi connectivity index (χ2n) is 5.42. The van der Waals surface area contributed by atoms with Crippen molar-refractivity contribution in [3.63, 3.8) is 0 Å². The summed E-state index contributed by atoms with van der Waals surface area (Å²) < 4.78 is 0. The Labute approximate surface area is 113 Å². The summed E-state index contributed by atoms with van der Waals surface area (Å²) in [6.07, 6.45) is 5.95. The summed E-state index contributed by atoms with van der Waals surface area (Å²) in [5.41, 5.74) is 5.54. The van der Waals surface area contributed by atoms with E-state index in [0.717, 1.165) is 45.2 Å². The van der Waals surface area contributed by atoms with Gasteiger partial charge in [0.05, 0.1) is 0 Å². The van der Waals surface area contributed by atoms with Gasteiger partial charge in [-0.1, -0.05) is 27.2 Å². The van der Waals surface area contributed by atoms with Crippen LogP contribution in [0.1, 0.15) is 66.2 Å². The van der Waals surface area contributed by atoms with Crippen molar-refractivity contribution in [1.29, 1.82) is 0 Å². The van der Waals surface area contributed by atoms with Crippen LogP contribution < -0.4 is 5.73 Å². The Hall–Kier alpha value is -0.570. The van der Waals surface area contributed by atoms with E-state index in [1.165, 1.54) is 0 Å². The number of carbonyl (C=O) groups is 1. The third-order valence-corrected chi connectivity index (χ3v) is 3.71. The number of rotatable bonds is 10. The zero-order chi connectivity index (χ0) is 14.0. The van der Waals surface area contributed by atoms with Crippen molar-refractivity contribution in [1.82, 2.24) is 4.90 Å². The quantitative estimate of drug-likeness (QED) is 0.652.